The van der Waals surface area contributed by atoms with E-state index in [1.54, 1.807) is 4.90 Å². The monoisotopic (exact) mass is 290 g/mol. The van der Waals surface area contributed by atoms with Crippen LogP contribution in [0, 0.1) is 5.92 Å². The lowest BCUT2D eigenvalue weighted by Gasteiger charge is -2.37. The highest BCUT2D eigenvalue weighted by atomic mass is 35.5. The normalized spacial score (nSPS) is 27.3. The van der Waals surface area contributed by atoms with Gasteiger partial charge in [-0.05, 0) is 38.6 Å². The molecule has 1 amide bonds. The topological polar surface area (TPSA) is 58.6 Å². The maximum atomic E-state index is 12.5. The van der Waals surface area contributed by atoms with Crippen LogP contribution in [-0.4, -0.2) is 49.6 Å². The summed E-state index contributed by atoms with van der Waals surface area (Å²) in [6, 6.07) is -0.363. The molecule has 2 atom stereocenters. The molecule has 2 aliphatic rings. The van der Waals surface area contributed by atoms with Gasteiger partial charge in [0.1, 0.15) is 6.04 Å². The third-order valence-electron chi connectivity index (χ3n) is 3.91. The number of nitrogens with zero attached hydrogens (tertiary/aromatic N) is 1. The Kier molecular flexibility index (Phi) is 6.58. The largest absolute Gasteiger partial charge is 0.467 e. The summed E-state index contributed by atoms with van der Waals surface area (Å²) in [6.45, 7) is 2.42. The number of hydrogen-bond acceptors (Lipinski definition) is 4. The molecule has 0 radical (unpaired) electrons. The average Bonchev–Trinajstić information content (AvgIpc) is 2.46. The van der Waals surface area contributed by atoms with Gasteiger partial charge in [0.25, 0.3) is 0 Å². The van der Waals surface area contributed by atoms with Crippen LogP contribution in [-0.2, 0) is 14.3 Å². The Balaban J connectivity index is 0.00000180. The summed E-state index contributed by atoms with van der Waals surface area (Å²) < 4.78 is 4.81. The third-order valence-corrected chi connectivity index (χ3v) is 3.91. The van der Waals surface area contributed by atoms with Crippen molar-refractivity contribution in [1.82, 2.24) is 10.2 Å². The molecule has 0 spiro atoms. The second-order valence-corrected chi connectivity index (χ2v) is 5.11. The summed E-state index contributed by atoms with van der Waals surface area (Å²) in [5.41, 5.74) is 0. The van der Waals surface area contributed by atoms with Crippen LogP contribution >= 0.6 is 12.4 Å². The number of esters is 1. The van der Waals surface area contributed by atoms with Crippen molar-refractivity contribution >= 4 is 24.3 Å². The van der Waals surface area contributed by atoms with Crippen LogP contribution in [0.1, 0.15) is 32.1 Å². The standard InChI is InChI=1S/C13H22N2O3.ClH/c1-18-13(17)11-6-2-3-8-15(11)12(16)10-5-4-7-14-9-10;/h10-11,14H,2-9H2,1H3;1H. The van der Waals surface area contributed by atoms with Crippen molar-refractivity contribution in [2.45, 2.75) is 38.1 Å². The molecule has 1 N–H and O–H groups in total. The van der Waals surface area contributed by atoms with Crippen LogP contribution in [0.2, 0.25) is 0 Å². The van der Waals surface area contributed by atoms with Crippen molar-refractivity contribution in [2.24, 2.45) is 5.92 Å². The molecule has 0 aromatic rings. The van der Waals surface area contributed by atoms with Gasteiger partial charge in [-0.3, -0.25) is 4.79 Å². The fraction of sp³-hybridized carbons (Fsp3) is 0.846. The first kappa shape index (κ1) is 16.2. The van der Waals surface area contributed by atoms with Crippen molar-refractivity contribution in [2.75, 3.05) is 26.7 Å². The molecule has 2 heterocycles. The van der Waals surface area contributed by atoms with E-state index in [1.165, 1.54) is 7.11 Å². The van der Waals surface area contributed by atoms with E-state index in [-0.39, 0.29) is 36.2 Å². The van der Waals surface area contributed by atoms with Crippen LogP contribution in [0.15, 0.2) is 0 Å². The van der Waals surface area contributed by atoms with Gasteiger partial charge < -0.3 is 15.0 Å². The van der Waals surface area contributed by atoms with Crippen molar-refractivity contribution in [3.8, 4) is 0 Å². The molecule has 0 aromatic heterocycles. The average molecular weight is 291 g/mol. The summed E-state index contributed by atoms with van der Waals surface area (Å²) in [5.74, 6) is -0.117. The number of halogens is 1. The van der Waals surface area contributed by atoms with E-state index in [9.17, 15) is 9.59 Å². The molecular weight excluding hydrogens is 268 g/mol. The van der Waals surface area contributed by atoms with Crippen molar-refractivity contribution < 1.29 is 14.3 Å². The van der Waals surface area contributed by atoms with Crippen LogP contribution in [0.25, 0.3) is 0 Å². The van der Waals surface area contributed by atoms with E-state index in [1.807, 2.05) is 0 Å². The van der Waals surface area contributed by atoms with E-state index in [0.29, 0.717) is 6.54 Å². The Morgan fingerprint density at radius 3 is 2.63 bits per heavy atom. The molecule has 19 heavy (non-hydrogen) atoms. The number of amides is 1. The van der Waals surface area contributed by atoms with E-state index in [0.717, 1.165) is 45.2 Å². The predicted molar refractivity (Wildman–Crippen MR) is 74.2 cm³/mol. The van der Waals surface area contributed by atoms with Gasteiger partial charge in [-0.2, -0.15) is 0 Å². The number of carbonyl (C=O) groups excluding carboxylic acids is 2. The zero-order valence-corrected chi connectivity index (χ0v) is 12.2. The van der Waals surface area contributed by atoms with Gasteiger partial charge in [0, 0.05) is 13.1 Å². The Bertz CT molecular complexity index is 319. The maximum Gasteiger partial charge on any atom is 0.328 e. The fourth-order valence-electron chi connectivity index (χ4n) is 2.87. The summed E-state index contributed by atoms with van der Waals surface area (Å²) in [7, 11) is 1.39. The zero-order chi connectivity index (χ0) is 13.0. The Morgan fingerprint density at radius 2 is 2.00 bits per heavy atom. The molecular formula is C13H23ClN2O3. The second-order valence-electron chi connectivity index (χ2n) is 5.11. The highest BCUT2D eigenvalue weighted by molar-refractivity contribution is 5.86. The molecule has 0 aromatic carbocycles. The van der Waals surface area contributed by atoms with Crippen LogP contribution < -0.4 is 5.32 Å². The molecule has 2 aliphatic heterocycles. The molecule has 2 fully saturated rings. The lowest BCUT2D eigenvalue weighted by molar-refractivity contribution is -0.156. The minimum absolute atomic E-state index is 0. The Labute approximate surface area is 120 Å². The summed E-state index contributed by atoms with van der Waals surface area (Å²) in [5, 5.41) is 3.25. The fourth-order valence-corrected chi connectivity index (χ4v) is 2.87. The SMILES string of the molecule is COC(=O)C1CCCCN1C(=O)C1CCCNC1.Cl. The number of rotatable bonds is 2. The quantitative estimate of drug-likeness (QED) is 0.770. The van der Waals surface area contributed by atoms with E-state index >= 15 is 0 Å². The first-order chi connectivity index (χ1) is 8.74. The van der Waals surface area contributed by atoms with E-state index in [2.05, 4.69) is 5.32 Å². The molecule has 0 saturated carbocycles. The summed E-state index contributed by atoms with van der Waals surface area (Å²) >= 11 is 0. The van der Waals surface area contributed by atoms with Crippen molar-refractivity contribution in [1.29, 1.82) is 0 Å². The van der Waals surface area contributed by atoms with E-state index < -0.39 is 0 Å². The number of piperidine rings is 2. The van der Waals surface area contributed by atoms with Crippen LogP contribution in [0.4, 0.5) is 0 Å². The molecule has 2 saturated heterocycles. The number of likely N-dealkylation sites (tertiary alicyclic amines) is 1. The van der Waals surface area contributed by atoms with Gasteiger partial charge in [-0.1, -0.05) is 0 Å². The van der Waals surface area contributed by atoms with Crippen LogP contribution in [0.5, 0.6) is 0 Å². The third kappa shape index (κ3) is 3.83. The van der Waals surface area contributed by atoms with Crippen LogP contribution in [0.3, 0.4) is 0 Å². The maximum absolute atomic E-state index is 12.5. The first-order valence-corrected chi connectivity index (χ1v) is 6.83. The number of methoxy groups -OCH3 is 1. The molecule has 2 rings (SSSR count). The zero-order valence-electron chi connectivity index (χ0n) is 11.4. The second kappa shape index (κ2) is 7.70. The number of carbonyl (C=O) groups is 2. The van der Waals surface area contributed by atoms with Gasteiger partial charge >= 0.3 is 5.97 Å². The summed E-state index contributed by atoms with van der Waals surface area (Å²) in [4.78, 5) is 25.9. The highest BCUT2D eigenvalue weighted by Gasteiger charge is 2.36. The Morgan fingerprint density at radius 1 is 1.21 bits per heavy atom. The Hall–Kier alpha value is -0.810. The number of ether oxygens (including phenoxy) is 1. The van der Waals surface area contributed by atoms with Gasteiger partial charge in [-0.15, -0.1) is 12.4 Å². The molecule has 0 bridgehead atoms. The molecule has 5 nitrogen and oxygen atoms in total. The lowest BCUT2D eigenvalue weighted by atomic mass is 9.94. The molecule has 110 valence electrons. The van der Waals surface area contributed by atoms with Gasteiger partial charge in [0.15, 0.2) is 0 Å². The van der Waals surface area contributed by atoms with Gasteiger partial charge in [0.2, 0.25) is 5.91 Å². The summed E-state index contributed by atoms with van der Waals surface area (Å²) in [6.07, 6.45) is 4.67. The van der Waals surface area contributed by atoms with Crippen molar-refractivity contribution in [3.05, 3.63) is 0 Å². The predicted octanol–water partition coefficient (Wildman–Crippen LogP) is 0.962. The number of hydrogen-bond donors (Lipinski definition) is 1. The molecule has 0 aliphatic carbocycles. The van der Waals surface area contributed by atoms with Crippen molar-refractivity contribution in [3.63, 3.8) is 0 Å². The molecule has 6 heteroatoms. The number of nitrogens with one attached hydrogen (secondary N) is 1. The first-order valence-electron chi connectivity index (χ1n) is 6.83. The van der Waals surface area contributed by atoms with Gasteiger partial charge in [0.05, 0.1) is 13.0 Å². The van der Waals surface area contributed by atoms with E-state index in [4.69, 9.17) is 4.74 Å². The van der Waals surface area contributed by atoms with Gasteiger partial charge in [-0.25, -0.2) is 4.79 Å². The highest BCUT2D eigenvalue weighted by Crippen LogP contribution is 2.22. The molecule has 2 unspecified atom stereocenters. The minimum Gasteiger partial charge on any atom is -0.467 e. The lowest BCUT2D eigenvalue weighted by Crippen LogP contribution is -2.52. The smallest absolute Gasteiger partial charge is 0.328 e. The minimum atomic E-state index is -0.363.